The van der Waals surface area contributed by atoms with Crippen molar-refractivity contribution in [3.05, 3.63) is 30.5 Å². The zero-order chi connectivity index (χ0) is 14.7. The molecule has 0 bridgehead atoms. The van der Waals surface area contributed by atoms with E-state index in [1.165, 1.54) is 18.2 Å². The predicted octanol–water partition coefficient (Wildman–Crippen LogP) is 2.82. The van der Waals surface area contributed by atoms with Crippen LogP contribution in [0.15, 0.2) is 30.5 Å². The molecular weight excluding hydrogens is 262 g/mol. The summed E-state index contributed by atoms with van der Waals surface area (Å²) < 4.78 is 5.48. The minimum atomic E-state index is 0.536. The van der Waals surface area contributed by atoms with E-state index in [4.69, 9.17) is 4.74 Å². The Morgan fingerprint density at radius 2 is 2.24 bits per heavy atom. The summed E-state index contributed by atoms with van der Waals surface area (Å²) in [6.45, 7) is 5.28. The van der Waals surface area contributed by atoms with Crippen molar-refractivity contribution in [2.45, 2.75) is 25.8 Å². The van der Waals surface area contributed by atoms with Gasteiger partial charge in [-0.1, -0.05) is 19.1 Å². The van der Waals surface area contributed by atoms with Gasteiger partial charge in [0.15, 0.2) is 0 Å². The number of pyridine rings is 1. The van der Waals surface area contributed by atoms with E-state index < -0.39 is 0 Å². The van der Waals surface area contributed by atoms with Crippen LogP contribution < -0.4 is 15.0 Å². The highest BCUT2D eigenvalue weighted by atomic mass is 16.5. The van der Waals surface area contributed by atoms with Gasteiger partial charge >= 0.3 is 0 Å². The minimum absolute atomic E-state index is 0.536. The number of fused-ring (bicyclic) bond motifs is 1. The maximum Gasteiger partial charge on any atom is 0.136 e. The van der Waals surface area contributed by atoms with Crippen LogP contribution in [0.3, 0.4) is 0 Å². The molecule has 1 N–H and O–H groups in total. The van der Waals surface area contributed by atoms with Gasteiger partial charge in [0.2, 0.25) is 0 Å². The molecule has 2 heterocycles. The van der Waals surface area contributed by atoms with Crippen molar-refractivity contribution >= 4 is 16.6 Å². The second-order valence-electron chi connectivity index (χ2n) is 5.49. The number of aromatic nitrogens is 1. The molecule has 21 heavy (non-hydrogen) atoms. The van der Waals surface area contributed by atoms with Crippen LogP contribution in [-0.4, -0.2) is 37.8 Å². The van der Waals surface area contributed by atoms with E-state index >= 15 is 0 Å². The summed E-state index contributed by atoms with van der Waals surface area (Å²) in [4.78, 5) is 7.11. The van der Waals surface area contributed by atoms with Gasteiger partial charge in [-0.05, 0) is 31.5 Å². The first-order valence-corrected chi connectivity index (χ1v) is 7.74. The van der Waals surface area contributed by atoms with Gasteiger partial charge in [-0.25, -0.2) is 4.98 Å². The highest BCUT2D eigenvalue weighted by Crippen LogP contribution is 2.33. The van der Waals surface area contributed by atoms with E-state index in [1.807, 2.05) is 24.4 Å². The normalized spacial score (nSPS) is 18.4. The first-order valence-electron chi connectivity index (χ1n) is 7.74. The second kappa shape index (κ2) is 6.31. The van der Waals surface area contributed by atoms with Crippen LogP contribution >= 0.6 is 0 Å². The summed E-state index contributed by atoms with van der Waals surface area (Å²) in [5.74, 6) is 2.00. The smallest absolute Gasteiger partial charge is 0.136 e. The molecule has 112 valence electrons. The Kier molecular flexibility index (Phi) is 4.25. The first-order chi connectivity index (χ1) is 10.3. The van der Waals surface area contributed by atoms with Crippen LogP contribution in [-0.2, 0) is 0 Å². The average Bonchev–Trinajstić information content (AvgIpc) is 2.99. The zero-order valence-corrected chi connectivity index (χ0v) is 12.8. The number of methoxy groups -OCH3 is 1. The molecule has 1 atom stereocenters. The fourth-order valence-corrected chi connectivity index (χ4v) is 3.21. The molecule has 1 aliphatic heterocycles. The fourth-order valence-electron chi connectivity index (χ4n) is 3.21. The number of hydrogen-bond donors (Lipinski definition) is 1. The summed E-state index contributed by atoms with van der Waals surface area (Å²) in [5.41, 5.74) is 0. The van der Waals surface area contributed by atoms with Crippen molar-refractivity contribution in [1.29, 1.82) is 0 Å². The second-order valence-corrected chi connectivity index (χ2v) is 5.49. The van der Waals surface area contributed by atoms with Crippen LogP contribution in [0, 0.1) is 0 Å². The van der Waals surface area contributed by atoms with Crippen LogP contribution in [0.4, 0.5) is 5.82 Å². The van der Waals surface area contributed by atoms with Crippen LogP contribution in [0.25, 0.3) is 10.8 Å². The Hall–Kier alpha value is -1.81. The van der Waals surface area contributed by atoms with Gasteiger partial charge in [0, 0.05) is 36.1 Å². The quantitative estimate of drug-likeness (QED) is 0.916. The van der Waals surface area contributed by atoms with Gasteiger partial charge in [-0.15, -0.1) is 0 Å². The highest BCUT2D eigenvalue weighted by molar-refractivity contribution is 5.96. The van der Waals surface area contributed by atoms with Crippen LogP contribution in [0.1, 0.15) is 19.8 Å². The molecule has 0 aliphatic carbocycles. The van der Waals surface area contributed by atoms with Gasteiger partial charge in [0.05, 0.1) is 7.11 Å². The number of ether oxygens (including phenoxy) is 1. The van der Waals surface area contributed by atoms with Crippen molar-refractivity contribution in [1.82, 2.24) is 10.3 Å². The lowest BCUT2D eigenvalue weighted by Crippen LogP contribution is -2.38. The predicted molar refractivity (Wildman–Crippen MR) is 87.2 cm³/mol. The van der Waals surface area contributed by atoms with Gasteiger partial charge in [0.25, 0.3) is 0 Å². The van der Waals surface area contributed by atoms with E-state index in [9.17, 15) is 0 Å². The number of nitrogens with one attached hydrogen (secondary N) is 1. The van der Waals surface area contributed by atoms with E-state index in [0.29, 0.717) is 6.04 Å². The molecule has 3 rings (SSSR count). The summed E-state index contributed by atoms with van der Waals surface area (Å²) in [6, 6.07) is 8.76. The summed E-state index contributed by atoms with van der Waals surface area (Å²) in [6.07, 6.45) is 4.36. The molecule has 0 amide bonds. The lowest BCUT2D eigenvalue weighted by atomic mass is 10.1. The zero-order valence-electron chi connectivity index (χ0n) is 12.8. The van der Waals surface area contributed by atoms with E-state index in [-0.39, 0.29) is 0 Å². The topological polar surface area (TPSA) is 37.4 Å². The van der Waals surface area contributed by atoms with Gasteiger partial charge < -0.3 is 15.0 Å². The molecule has 4 heteroatoms. The summed E-state index contributed by atoms with van der Waals surface area (Å²) in [5, 5.41) is 5.79. The third kappa shape index (κ3) is 2.68. The molecule has 0 spiro atoms. The van der Waals surface area contributed by atoms with Crippen molar-refractivity contribution in [2.24, 2.45) is 0 Å². The lowest BCUT2D eigenvalue weighted by molar-refractivity contribution is 0.420. The molecular formula is C17H23N3O. The van der Waals surface area contributed by atoms with Crippen molar-refractivity contribution in [2.75, 3.05) is 31.6 Å². The molecule has 0 radical (unpaired) electrons. The number of benzene rings is 1. The highest BCUT2D eigenvalue weighted by Gasteiger charge is 2.26. The monoisotopic (exact) mass is 285 g/mol. The van der Waals surface area contributed by atoms with Crippen LogP contribution in [0.5, 0.6) is 5.75 Å². The Morgan fingerprint density at radius 3 is 3.05 bits per heavy atom. The molecule has 2 aromatic rings. The molecule has 1 fully saturated rings. The third-order valence-electron chi connectivity index (χ3n) is 4.24. The van der Waals surface area contributed by atoms with Gasteiger partial charge in [0.1, 0.15) is 11.6 Å². The number of hydrogen-bond acceptors (Lipinski definition) is 4. The number of likely N-dealkylation sites (N-methyl/N-ethyl adjacent to an activating group) is 1. The minimum Gasteiger partial charge on any atom is -0.496 e. The molecule has 1 unspecified atom stereocenters. The van der Waals surface area contributed by atoms with E-state index in [1.54, 1.807) is 7.11 Å². The SMILES string of the molecule is CCNCC1CCCN1c1nccc2c(OC)cccc12. The maximum atomic E-state index is 5.48. The summed E-state index contributed by atoms with van der Waals surface area (Å²) in [7, 11) is 1.72. The Morgan fingerprint density at radius 1 is 1.33 bits per heavy atom. The van der Waals surface area contributed by atoms with Gasteiger partial charge in [-0.3, -0.25) is 0 Å². The molecule has 1 saturated heterocycles. The Balaban J connectivity index is 2.00. The van der Waals surface area contributed by atoms with E-state index in [0.717, 1.165) is 36.6 Å². The number of anilines is 1. The molecule has 1 aromatic carbocycles. The molecule has 1 aliphatic rings. The van der Waals surface area contributed by atoms with Crippen molar-refractivity contribution < 1.29 is 4.74 Å². The van der Waals surface area contributed by atoms with Crippen molar-refractivity contribution in [3.8, 4) is 5.75 Å². The first kappa shape index (κ1) is 14.1. The lowest BCUT2D eigenvalue weighted by Gasteiger charge is -2.27. The summed E-state index contributed by atoms with van der Waals surface area (Å²) >= 11 is 0. The van der Waals surface area contributed by atoms with Crippen LogP contribution in [0.2, 0.25) is 0 Å². The van der Waals surface area contributed by atoms with Gasteiger partial charge in [-0.2, -0.15) is 0 Å². The Bertz CT molecular complexity index is 614. The molecule has 4 nitrogen and oxygen atoms in total. The maximum absolute atomic E-state index is 5.48. The largest absolute Gasteiger partial charge is 0.496 e. The average molecular weight is 285 g/mol. The molecule has 0 saturated carbocycles. The third-order valence-corrected chi connectivity index (χ3v) is 4.24. The fraction of sp³-hybridized carbons (Fsp3) is 0.471. The standard InChI is InChI=1S/C17H23N3O/c1-3-18-12-13-6-5-11-20(13)17-15-7-4-8-16(21-2)14(15)9-10-19-17/h4,7-10,13,18H,3,5-6,11-12H2,1-2H3. The Labute approximate surface area is 126 Å². The van der Waals surface area contributed by atoms with E-state index in [2.05, 4.69) is 28.2 Å². The number of rotatable bonds is 5. The number of nitrogens with zero attached hydrogens (tertiary/aromatic N) is 2. The molecule has 1 aromatic heterocycles. The van der Waals surface area contributed by atoms with Crippen molar-refractivity contribution in [3.63, 3.8) is 0 Å².